The number of unbranched alkanes of at least 4 members (excludes halogenated alkanes) is 1. The van der Waals surface area contributed by atoms with E-state index < -0.39 is 0 Å². The van der Waals surface area contributed by atoms with E-state index in [2.05, 4.69) is 6.92 Å². The van der Waals surface area contributed by atoms with Crippen LogP contribution in [0.15, 0.2) is 16.7 Å². The van der Waals surface area contributed by atoms with Crippen molar-refractivity contribution in [3.8, 4) is 0 Å². The number of rotatable bonds is 6. The third-order valence-corrected chi connectivity index (χ3v) is 2.25. The van der Waals surface area contributed by atoms with Crippen LogP contribution >= 0.6 is 0 Å². The molecule has 0 saturated carbocycles. The number of furan rings is 1. The molecule has 0 fully saturated rings. The molecule has 0 amide bonds. The van der Waals surface area contributed by atoms with Gasteiger partial charge in [-0.05, 0) is 31.4 Å². The van der Waals surface area contributed by atoms with E-state index in [-0.39, 0.29) is 12.4 Å². The molecule has 0 aliphatic heterocycles. The minimum absolute atomic E-state index is 0.217. The molecule has 1 rings (SSSR count). The van der Waals surface area contributed by atoms with Crippen LogP contribution in [0.25, 0.3) is 0 Å². The average Bonchev–Trinajstić information content (AvgIpc) is 2.63. The van der Waals surface area contributed by atoms with Gasteiger partial charge in [-0.25, -0.2) is 0 Å². The van der Waals surface area contributed by atoms with Crippen molar-refractivity contribution in [2.45, 2.75) is 39.5 Å². The molecule has 0 aromatic carbocycles. The first kappa shape index (κ1) is 11.8. The minimum atomic E-state index is -0.217. The molecule has 3 nitrogen and oxygen atoms in total. The van der Waals surface area contributed by atoms with Crippen molar-refractivity contribution in [1.29, 1.82) is 0 Å². The standard InChI is InChI=1S/C12H18O3/c1-3-5-6-10-7-8-15-11(10)9-12(13)14-4-2/h7-8H,3-6,9H2,1-2H3. The summed E-state index contributed by atoms with van der Waals surface area (Å²) in [6.07, 6.45) is 5.13. The quantitative estimate of drug-likeness (QED) is 0.678. The zero-order chi connectivity index (χ0) is 11.1. The first-order chi connectivity index (χ1) is 7.27. The van der Waals surface area contributed by atoms with Crippen LogP contribution in [0.5, 0.6) is 0 Å². The van der Waals surface area contributed by atoms with Gasteiger partial charge in [-0.3, -0.25) is 4.79 Å². The molecule has 15 heavy (non-hydrogen) atoms. The minimum Gasteiger partial charge on any atom is -0.468 e. The summed E-state index contributed by atoms with van der Waals surface area (Å²) in [6.45, 7) is 4.37. The van der Waals surface area contributed by atoms with Crippen molar-refractivity contribution >= 4 is 5.97 Å². The maximum atomic E-state index is 11.3. The van der Waals surface area contributed by atoms with Gasteiger partial charge in [0.05, 0.1) is 12.9 Å². The highest BCUT2D eigenvalue weighted by Gasteiger charge is 2.11. The third-order valence-electron chi connectivity index (χ3n) is 2.25. The Bertz CT molecular complexity index is 302. The van der Waals surface area contributed by atoms with Gasteiger partial charge in [0, 0.05) is 0 Å². The summed E-state index contributed by atoms with van der Waals surface area (Å²) >= 11 is 0. The van der Waals surface area contributed by atoms with Crippen molar-refractivity contribution in [2.75, 3.05) is 6.61 Å². The van der Waals surface area contributed by atoms with E-state index >= 15 is 0 Å². The van der Waals surface area contributed by atoms with Crippen molar-refractivity contribution < 1.29 is 13.9 Å². The summed E-state index contributed by atoms with van der Waals surface area (Å²) in [5.74, 6) is 0.534. The van der Waals surface area contributed by atoms with Gasteiger partial charge in [-0.2, -0.15) is 0 Å². The second kappa shape index (κ2) is 6.27. The molecule has 3 heteroatoms. The summed E-state index contributed by atoms with van der Waals surface area (Å²) in [7, 11) is 0. The van der Waals surface area contributed by atoms with E-state index in [1.165, 1.54) is 0 Å². The molecule has 0 saturated heterocycles. The maximum absolute atomic E-state index is 11.3. The second-order valence-corrected chi connectivity index (χ2v) is 3.45. The summed E-state index contributed by atoms with van der Waals surface area (Å²) < 4.78 is 10.2. The van der Waals surface area contributed by atoms with Gasteiger partial charge in [0.2, 0.25) is 0 Å². The van der Waals surface area contributed by atoms with E-state index in [0.29, 0.717) is 6.61 Å². The third kappa shape index (κ3) is 3.78. The Morgan fingerprint density at radius 3 is 2.93 bits per heavy atom. The molecule has 0 aliphatic rings. The van der Waals surface area contributed by atoms with E-state index in [1.54, 1.807) is 13.2 Å². The topological polar surface area (TPSA) is 39.4 Å². The lowest BCUT2D eigenvalue weighted by Crippen LogP contribution is -2.08. The highest BCUT2D eigenvalue weighted by molar-refractivity contribution is 5.72. The molecular weight excluding hydrogens is 192 g/mol. The average molecular weight is 210 g/mol. The van der Waals surface area contributed by atoms with E-state index in [0.717, 1.165) is 30.6 Å². The molecule has 1 heterocycles. The fourth-order valence-corrected chi connectivity index (χ4v) is 1.46. The summed E-state index contributed by atoms with van der Waals surface area (Å²) in [5, 5.41) is 0. The van der Waals surface area contributed by atoms with Crippen LogP contribution in [-0.2, 0) is 22.4 Å². The molecule has 0 spiro atoms. The number of hydrogen-bond donors (Lipinski definition) is 0. The molecule has 0 bridgehead atoms. The Balaban J connectivity index is 2.52. The lowest BCUT2D eigenvalue weighted by atomic mass is 10.1. The van der Waals surface area contributed by atoms with Crippen LogP contribution < -0.4 is 0 Å². The summed E-state index contributed by atoms with van der Waals surface area (Å²) in [4.78, 5) is 11.3. The number of carbonyl (C=O) groups is 1. The zero-order valence-electron chi connectivity index (χ0n) is 9.41. The smallest absolute Gasteiger partial charge is 0.313 e. The Hall–Kier alpha value is -1.25. The van der Waals surface area contributed by atoms with Crippen LogP contribution in [0.4, 0.5) is 0 Å². The molecule has 1 aromatic heterocycles. The first-order valence-electron chi connectivity index (χ1n) is 5.48. The number of carbonyl (C=O) groups excluding carboxylic acids is 1. The fraction of sp³-hybridized carbons (Fsp3) is 0.583. The number of esters is 1. The van der Waals surface area contributed by atoms with Crippen LogP contribution in [0, 0.1) is 0 Å². The molecule has 1 aromatic rings. The van der Waals surface area contributed by atoms with Crippen molar-refractivity contribution in [1.82, 2.24) is 0 Å². The number of hydrogen-bond acceptors (Lipinski definition) is 3. The van der Waals surface area contributed by atoms with Crippen LogP contribution in [0.1, 0.15) is 38.0 Å². The molecule has 0 N–H and O–H groups in total. The van der Waals surface area contributed by atoms with Crippen molar-refractivity contribution in [3.05, 3.63) is 23.7 Å². The highest BCUT2D eigenvalue weighted by Crippen LogP contribution is 2.14. The summed E-state index contributed by atoms with van der Waals surface area (Å²) in [6, 6.07) is 1.93. The predicted molar refractivity (Wildman–Crippen MR) is 57.7 cm³/mol. The van der Waals surface area contributed by atoms with Crippen LogP contribution in [-0.4, -0.2) is 12.6 Å². The van der Waals surface area contributed by atoms with Gasteiger partial charge in [0.25, 0.3) is 0 Å². The Kier molecular flexibility index (Phi) is 4.95. The Labute approximate surface area is 90.4 Å². The normalized spacial score (nSPS) is 10.3. The van der Waals surface area contributed by atoms with E-state index in [9.17, 15) is 4.79 Å². The molecule has 0 unspecified atom stereocenters. The lowest BCUT2D eigenvalue weighted by Gasteiger charge is -2.02. The van der Waals surface area contributed by atoms with E-state index in [1.807, 2.05) is 6.07 Å². The van der Waals surface area contributed by atoms with Crippen molar-refractivity contribution in [3.63, 3.8) is 0 Å². The Morgan fingerprint density at radius 2 is 2.27 bits per heavy atom. The Morgan fingerprint density at radius 1 is 1.47 bits per heavy atom. The lowest BCUT2D eigenvalue weighted by molar-refractivity contribution is -0.142. The number of ether oxygens (including phenoxy) is 1. The van der Waals surface area contributed by atoms with Gasteiger partial charge < -0.3 is 9.15 Å². The molecule has 0 radical (unpaired) electrons. The predicted octanol–water partition coefficient (Wildman–Crippen LogP) is 2.73. The van der Waals surface area contributed by atoms with Gasteiger partial charge in [0.15, 0.2) is 0 Å². The van der Waals surface area contributed by atoms with Crippen LogP contribution in [0.2, 0.25) is 0 Å². The summed E-state index contributed by atoms with van der Waals surface area (Å²) in [5.41, 5.74) is 1.13. The van der Waals surface area contributed by atoms with Gasteiger partial charge in [-0.15, -0.1) is 0 Å². The van der Waals surface area contributed by atoms with Crippen LogP contribution in [0.3, 0.4) is 0 Å². The molecular formula is C12H18O3. The fourth-order valence-electron chi connectivity index (χ4n) is 1.46. The van der Waals surface area contributed by atoms with Gasteiger partial charge in [-0.1, -0.05) is 13.3 Å². The monoisotopic (exact) mass is 210 g/mol. The van der Waals surface area contributed by atoms with Gasteiger partial charge >= 0.3 is 5.97 Å². The van der Waals surface area contributed by atoms with E-state index in [4.69, 9.17) is 9.15 Å². The largest absolute Gasteiger partial charge is 0.468 e. The van der Waals surface area contributed by atoms with Crippen molar-refractivity contribution in [2.24, 2.45) is 0 Å². The molecule has 0 aliphatic carbocycles. The molecule has 84 valence electrons. The second-order valence-electron chi connectivity index (χ2n) is 3.45. The highest BCUT2D eigenvalue weighted by atomic mass is 16.5. The SMILES string of the molecule is CCCCc1ccoc1CC(=O)OCC. The first-order valence-corrected chi connectivity index (χ1v) is 5.48. The molecule has 0 atom stereocenters. The zero-order valence-corrected chi connectivity index (χ0v) is 9.41. The van der Waals surface area contributed by atoms with Gasteiger partial charge in [0.1, 0.15) is 12.2 Å². The number of aryl methyl sites for hydroxylation is 1. The maximum Gasteiger partial charge on any atom is 0.313 e.